The maximum absolute atomic E-state index is 5.26. The van der Waals surface area contributed by atoms with Crippen LogP contribution in [0.15, 0.2) is 38.6 Å². The zero-order valence-corrected chi connectivity index (χ0v) is 13.6. The molecule has 8 nitrogen and oxygen atoms in total. The molecule has 1 aromatic rings. The summed E-state index contributed by atoms with van der Waals surface area (Å²) in [6.07, 6.45) is 0. The lowest BCUT2D eigenvalue weighted by molar-refractivity contribution is 1.19. The highest BCUT2D eigenvalue weighted by Gasteiger charge is 2.04. The van der Waals surface area contributed by atoms with E-state index in [-0.39, 0.29) is 24.3 Å². The minimum absolute atomic E-state index is 0. The number of guanidine groups is 2. The molecule has 1 aromatic carbocycles. The van der Waals surface area contributed by atoms with E-state index in [9.17, 15) is 0 Å². The van der Waals surface area contributed by atoms with Gasteiger partial charge in [0.1, 0.15) is 0 Å². The van der Waals surface area contributed by atoms with Crippen molar-refractivity contribution in [3.05, 3.63) is 34.9 Å². The predicted octanol–water partition coefficient (Wildman–Crippen LogP) is 0.412. The molecule has 8 N–H and O–H groups in total. The van der Waals surface area contributed by atoms with Gasteiger partial charge in [-0.05, 0) is 43.5 Å². The Kier molecular flexibility index (Phi) is 7.60. The lowest BCUT2D eigenvalue weighted by Crippen LogP contribution is -2.22. The van der Waals surface area contributed by atoms with E-state index in [4.69, 9.17) is 22.9 Å². The number of halogens is 1. The van der Waals surface area contributed by atoms with Crippen molar-refractivity contribution in [2.24, 2.45) is 43.3 Å². The summed E-state index contributed by atoms with van der Waals surface area (Å²) in [4.78, 5) is 0. The van der Waals surface area contributed by atoms with Crippen LogP contribution in [0.4, 0.5) is 0 Å². The Balaban J connectivity index is 0.00000441. The van der Waals surface area contributed by atoms with Crippen LogP contribution >= 0.6 is 12.4 Å². The molecule has 22 heavy (non-hydrogen) atoms. The molecule has 0 unspecified atom stereocenters. The van der Waals surface area contributed by atoms with Gasteiger partial charge in [-0.1, -0.05) is 12.1 Å². The van der Waals surface area contributed by atoms with Gasteiger partial charge in [-0.2, -0.15) is 10.2 Å². The number of hydrogen-bond donors (Lipinski definition) is 4. The topological polar surface area (TPSA) is 154 Å². The lowest BCUT2D eigenvalue weighted by Gasteiger charge is -2.06. The molecule has 120 valence electrons. The molecule has 0 heterocycles. The largest absolute Gasteiger partial charge is 0.369 e. The SMILES string of the molecule is C/C(=N\N=C(N)N)c1cc(C)cc(/C(C)=N/N=C(N)N)c1.Cl. The molecule has 0 bridgehead atoms. The average molecular weight is 325 g/mol. The van der Waals surface area contributed by atoms with Crippen molar-refractivity contribution in [3.8, 4) is 0 Å². The highest BCUT2D eigenvalue weighted by Crippen LogP contribution is 2.12. The Morgan fingerprint density at radius 3 is 1.41 bits per heavy atom. The van der Waals surface area contributed by atoms with E-state index >= 15 is 0 Å². The van der Waals surface area contributed by atoms with Crippen molar-refractivity contribution in [1.82, 2.24) is 0 Å². The zero-order chi connectivity index (χ0) is 16.0. The third kappa shape index (κ3) is 6.23. The third-order valence-corrected chi connectivity index (χ3v) is 2.54. The summed E-state index contributed by atoms with van der Waals surface area (Å²) in [5.41, 5.74) is 25.2. The van der Waals surface area contributed by atoms with E-state index in [2.05, 4.69) is 20.4 Å². The molecule has 0 fully saturated rings. The van der Waals surface area contributed by atoms with E-state index in [1.807, 2.05) is 39.0 Å². The van der Waals surface area contributed by atoms with Crippen molar-refractivity contribution in [2.45, 2.75) is 20.8 Å². The van der Waals surface area contributed by atoms with Gasteiger partial charge in [0.2, 0.25) is 11.9 Å². The first kappa shape index (κ1) is 19.4. The zero-order valence-electron chi connectivity index (χ0n) is 12.7. The van der Waals surface area contributed by atoms with Crippen LogP contribution in [-0.2, 0) is 0 Å². The van der Waals surface area contributed by atoms with Crippen LogP contribution in [0.1, 0.15) is 30.5 Å². The molecule has 0 aliphatic carbocycles. The van der Waals surface area contributed by atoms with E-state index in [1.54, 1.807) is 0 Å². The summed E-state index contributed by atoms with van der Waals surface area (Å²) in [6.45, 7) is 5.59. The fourth-order valence-electron chi connectivity index (χ4n) is 1.58. The minimum atomic E-state index is -0.0901. The Labute approximate surface area is 135 Å². The molecule has 0 saturated heterocycles. The highest BCUT2D eigenvalue weighted by molar-refractivity contribution is 6.04. The van der Waals surface area contributed by atoms with Gasteiger partial charge in [-0.25, -0.2) is 0 Å². The number of rotatable bonds is 4. The van der Waals surface area contributed by atoms with Gasteiger partial charge in [0, 0.05) is 0 Å². The second-order valence-corrected chi connectivity index (χ2v) is 4.51. The summed E-state index contributed by atoms with van der Waals surface area (Å²) in [5, 5.41) is 15.2. The van der Waals surface area contributed by atoms with Crippen molar-refractivity contribution in [3.63, 3.8) is 0 Å². The number of hydrogen-bond acceptors (Lipinski definition) is 4. The molecule has 0 aliphatic heterocycles. The maximum atomic E-state index is 5.26. The molecule has 0 spiro atoms. The molecule has 0 saturated carbocycles. The van der Waals surface area contributed by atoms with Crippen LogP contribution in [0.5, 0.6) is 0 Å². The Hall–Kier alpha value is -2.61. The van der Waals surface area contributed by atoms with Crippen molar-refractivity contribution in [1.29, 1.82) is 0 Å². The molecule has 0 radical (unpaired) electrons. The minimum Gasteiger partial charge on any atom is -0.369 e. The van der Waals surface area contributed by atoms with Crippen molar-refractivity contribution < 1.29 is 0 Å². The van der Waals surface area contributed by atoms with Crippen molar-refractivity contribution in [2.75, 3.05) is 0 Å². The van der Waals surface area contributed by atoms with Gasteiger partial charge in [0.25, 0.3) is 0 Å². The first-order valence-corrected chi connectivity index (χ1v) is 6.18. The summed E-state index contributed by atoms with van der Waals surface area (Å²) in [6, 6.07) is 5.85. The fraction of sp³-hybridized carbons (Fsp3) is 0.231. The Morgan fingerprint density at radius 1 is 0.727 bits per heavy atom. The number of aryl methyl sites for hydroxylation is 1. The number of benzene rings is 1. The van der Waals surface area contributed by atoms with Gasteiger partial charge in [-0.15, -0.1) is 22.6 Å². The number of nitrogens with two attached hydrogens (primary N) is 4. The van der Waals surface area contributed by atoms with Crippen LogP contribution in [0.3, 0.4) is 0 Å². The lowest BCUT2D eigenvalue weighted by atomic mass is 10.0. The number of nitrogens with zero attached hydrogens (tertiary/aromatic N) is 4. The summed E-state index contributed by atoms with van der Waals surface area (Å²) in [7, 11) is 0. The van der Waals surface area contributed by atoms with E-state index in [0.717, 1.165) is 16.7 Å². The highest BCUT2D eigenvalue weighted by atomic mass is 35.5. The predicted molar refractivity (Wildman–Crippen MR) is 94.5 cm³/mol. The summed E-state index contributed by atoms with van der Waals surface area (Å²) < 4.78 is 0. The summed E-state index contributed by atoms with van der Waals surface area (Å²) in [5.74, 6) is -0.180. The smallest absolute Gasteiger partial charge is 0.211 e. The molecular weight excluding hydrogens is 304 g/mol. The second-order valence-electron chi connectivity index (χ2n) is 4.51. The second kappa shape index (κ2) is 8.63. The van der Waals surface area contributed by atoms with Crippen LogP contribution in [0.2, 0.25) is 0 Å². The quantitative estimate of drug-likeness (QED) is 0.360. The average Bonchev–Trinajstić information content (AvgIpc) is 2.41. The molecule has 0 atom stereocenters. The van der Waals surface area contributed by atoms with Gasteiger partial charge >= 0.3 is 0 Å². The van der Waals surface area contributed by atoms with Gasteiger partial charge in [-0.3, -0.25) is 0 Å². The van der Waals surface area contributed by atoms with Gasteiger partial charge in [0.05, 0.1) is 11.4 Å². The van der Waals surface area contributed by atoms with E-state index in [0.29, 0.717) is 11.4 Å². The monoisotopic (exact) mass is 324 g/mol. The molecule has 0 aliphatic rings. The van der Waals surface area contributed by atoms with E-state index in [1.165, 1.54) is 0 Å². The third-order valence-electron chi connectivity index (χ3n) is 2.54. The first-order valence-electron chi connectivity index (χ1n) is 6.18. The van der Waals surface area contributed by atoms with Gasteiger partial charge in [0.15, 0.2) is 0 Å². The van der Waals surface area contributed by atoms with Crippen molar-refractivity contribution >= 4 is 35.7 Å². The molecule has 1 rings (SSSR count). The standard InChI is InChI=1S/C13H20N8.ClH/c1-7-4-10(8(2)18-20-12(14)15)6-11(5-7)9(3)19-21-13(16)17;/h4-6H,1-3H3,(H4,14,15,20)(H4,16,17,21);1H/b18-8+,19-9+;. The fourth-order valence-corrected chi connectivity index (χ4v) is 1.58. The Morgan fingerprint density at radius 2 is 1.09 bits per heavy atom. The van der Waals surface area contributed by atoms with Crippen LogP contribution in [0, 0.1) is 6.92 Å². The van der Waals surface area contributed by atoms with E-state index < -0.39 is 0 Å². The van der Waals surface area contributed by atoms with Crippen LogP contribution in [-0.4, -0.2) is 23.3 Å². The van der Waals surface area contributed by atoms with Crippen LogP contribution < -0.4 is 22.9 Å². The molecule has 0 amide bonds. The molecule has 9 heteroatoms. The maximum Gasteiger partial charge on any atom is 0.211 e. The normalized spacial score (nSPS) is 11.4. The summed E-state index contributed by atoms with van der Waals surface area (Å²) >= 11 is 0. The first-order chi connectivity index (χ1) is 9.79. The van der Waals surface area contributed by atoms with Crippen LogP contribution in [0.25, 0.3) is 0 Å². The molecular formula is C13H21ClN8. The van der Waals surface area contributed by atoms with Gasteiger partial charge < -0.3 is 22.9 Å². The Bertz CT molecular complexity index is 585. The molecule has 0 aromatic heterocycles.